The van der Waals surface area contributed by atoms with Crippen molar-refractivity contribution in [2.45, 2.75) is 57.5 Å². The van der Waals surface area contributed by atoms with Gasteiger partial charge in [0, 0.05) is 18.6 Å². The van der Waals surface area contributed by atoms with E-state index in [0.717, 1.165) is 13.2 Å². The summed E-state index contributed by atoms with van der Waals surface area (Å²) >= 11 is 0. The first-order chi connectivity index (χ1) is 6.79. The maximum atomic E-state index is 6.05. The summed E-state index contributed by atoms with van der Waals surface area (Å²) in [6, 6.07) is 0. The van der Waals surface area contributed by atoms with Crippen LogP contribution in [0.2, 0.25) is 0 Å². The highest BCUT2D eigenvalue weighted by molar-refractivity contribution is 5.07. The van der Waals surface area contributed by atoms with Crippen molar-refractivity contribution in [2.75, 3.05) is 13.2 Å². The number of nitrogens with two attached hydrogens (primary N) is 1. The lowest BCUT2D eigenvalue weighted by atomic mass is 9.72. The molecule has 1 unspecified atom stereocenters. The van der Waals surface area contributed by atoms with Crippen molar-refractivity contribution >= 4 is 0 Å². The van der Waals surface area contributed by atoms with Gasteiger partial charge in [-0.1, -0.05) is 12.8 Å². The highest BCUT2D eigenvalue weighted by atomic mass is 16.5. The molecule has 0 heterocycles. The minimum atomic E-state index is 0.0399. The number of ether oxygens (including phenoxy) is 1. The molecule has 82 valence electrons. The summed E-state index contributed by atoms with van der Waals surface area (Å²) in [4.78, 5) is 0. The third-order valence-corrected chi connectivity index (χ3v) is 4.51. The Morgan fingerprint density at radius 3 is 2.29 bits per heavy atom. The molecule has 2 nitrogen and oxygen atoms in total. The van der Waals surface area contributed by atoms with Crippen LogP contribution >= 0.6 is 0 Å². The molecule has 2 heteroatoms. The van der Waals surface area contributed by atoms with E-state index >= 15 is 0 Å². The van der Waals surface area contributed by atoms with Crippen LogP contribution in [0.5, 0.6) is 0 Å². The van der Waals surface area contributed by atoms with Crippen molar-refractivity contribution in [3.05, 3.63) is 0 Å². The van der Waals surface area contributed by atoms with Gasteiger partial charge in [0.2, 0.25) is 0 Å². The van der Waals surface area contributed by atoms with E-state index < -0.39 is 0 Å². The molecule has 0 amide bonds. The predicted octanol–water partition coefficient (Wildman–Crippen LogP) is 2.46. The van der Waals surface area contributed by atoms with Crippen molar-refractivity contribution in [3.63, 3.8) is 0 Å². The van der Waals surface area contributed by atoms with E-state index in [0.29, 0.717) is 5.41 Å². The van der Waals surface area contributed by atoms with E-state index in [-0.39, 0.29) is 5.60 Å². The van der Waals surface area contributed by atoms with E-state index in [1.165, 1.54) is 44.9 Å². The van der Waals surface area contributed by atoms with Gasteiger partial charge in [0.25, 0.3) is 0 Å². The van der Waals surface area contributed by atoms with Crippen LogP contribution in [-0.2, 0) is 4.74 Å². The lowest BCUT2D eigenvalue weighted by Gasteiger charge is -2.43. The van der Waals surface area contributed by atoms with Gasteiger partial charge in [-0.05, 0) is 39.0 Å². The summed E-state index contributed by atoms with van der Waals surface area (Å²) in [6.07, 6.45) is 9.33. The lowest BCUT2D eigenvalue weighted by molar-refractivity contribution is -0.105. The Morgan fingerprint density at radius 2 is 1.71 bits per heavy atom. The predicted molar refractivity (Wildman–Crippen MR) is 58.2 cm³/mol. The molecule has 0 saturated heterocycles. The van der Waals surface area contributed by atoms with Gasteiger partial charge in [0.15, 0.2) is 0 Å². The molecule has 0 aliphatic heterocycles. The largest absolute Gasteiger partial charge is 0.373 e. The summed E-state index contributed by atoms with van der Waals surface area (Å²) in [5, 5.41) is 0. The third kappa shape index (κ3) is 1.31. The summed E-state index contributed by atoms with van der Waals surface area (Å²) in [5.41, 5.74) is 6.48. The Hall–Kier alpha value is -0.0800. The van der Waals surface area contributed by atoms with Gasteiger partial charge in [-0.3, -0.25) is 0 Å². The van der Waals surface area contributed by atoms with Gasteiger partial charge in [0.05, 0.1) is 5.60 Å². The molecule has 0 aromatic heterocycles. The maximum absolute atomic E-state index is 6.05. The molecular formula is C12H23NO. The average molecular weight is 197 g/mol. The molecule has 14 heavy (non-hydrogen) atoms. The summed E-state index contributed by atoms with van der Waals surface area (Å²) in [7, 11) is 0. The molecule has 1 atom stereocenters. The van der Waals surface area contributed by atoms with Crippen LogP contribution in [-0.4, -0.2) is 18.8 Å². The summed E-state index contributed by atoms with van der Waals surface area (Å²) < 4.78 is 6.05. The number of hydrogen-bond donors (Lipinski definition) is 1. The molecule has 2 N–H and O–H groups in total. The maximum Gasteiger partial charge on any atom is 0.0859 e. The molecule has 0 aromatic rings. The zero-order chi connectivity index (χ0) is 10.1. The van der Waals surface area contributed by atoms with Gasteiger partial charge in [-0.2, -0.15) is 0 Å². The van der Waals surface area contributed by atoms with Crippen molar-refractivity contribution in [3.8, 4) is 0 Å². The quantitative estimate of drug-likeness (QED) is 0.754. The standard InChI is InChI=1S/C12H23NO/c1-2-14-12(10-13)9-5-8-11(12)6-3-4-7-11/h2-10,13H2,1H3. The van der Waals surface area contributed by atoms with Crippen LogP contribution in [0, 0.1) is 5.41 Å². The average Bonchev–Trinajstić information content (AvgIpc) is 2.78. The Bertz CT molecular complexity index is 193. The highest BCUT2D eigenvalue weighted by Crippen LogP contribution is 2.57. The summed E-state index contributed by atoms with van der Waals surface area (Å²) in [6.45, 7) is 3.64. The zero-order valence-electron chi connectivity index (χ0n) is 9.35. The summed E-state index contributed by atoms with van der Waals surface area (Å²) in [5.74, 6) is 0. The van der Waals surface area contributed by atoms with Gasteiger partial charge in [-0.25, -0.2) is 0 Å². The molecular weight excluding hydrogens is 174 g/mol. The van der Waals surface area contributed by atoms with Crippen molar-refractivity contribution < 1.29 is 4.74 Å². The Labute approximate surface area is 87.2 Å². The monoisotopic (exact) mass is 197 g/mol. The molecule has 2 rings (SSSR count). The Balaban J connectivity index is 2.21. The molecule has 2 aliphatic rings. The second-order valence-electron chi connectivity index (χ2n) is 4.97. The highest BCUT2D eigenvalue weighted by Gasteiger charge is 2.55. The van der Waals surface area contributed by atoms with Crippen molar-refractivity contribution in [1.29, 1.82) is 0 Å². The Morgan fingerprint density at radius 1 is 1.07 bits per heavy atom. The SMILES string of the molecule is CCOC1(CN)CCCC12CCCC2. The van der Waals surface area contributed by atoms with E-state index in [1.807, 2.05) is 0 Å². The van der Waals surface area contributed by atoms with Crippen molar-refractivity contribution in [1.82, 2.24) is 0 Å². The molecule has 0 radical (unpaired) electrons. The fourth-order valence-electron chi connectivity index (χ4n) is 3.84. The van der Waals surface area contributed by atoms with Gasteiger partial charge in [0.1, 0.15) is 0 Å². The smallest absolute Gasteiger partial charge is 0.0859 e. The minimum absolute atomic E-state index is 0.0399. The molecule has 1 spiro atoms. The second kappa shape index (κ2) is 3.82. The second-order valence-corrected chi connectivity index (χ2v) is 4.97. The van der Waals surface area contributed by atoms with Crippen molar-refractivity contribution in [2.24, 2.45) is 11.1 Å². The topological polar surface area (TPSA) is 35.2 Å². The van der Waals surface area contributed by atoms with Crippen LogP contribution in [0.4, 0.5) is 0 Å². The first-order valence-corrected chi connectivity index (χ1v) is 6.13. The first kappa shape index (κ1) is 10.4. The number of rotatable bonds is 3. The normalized spacial score (nSPS) is 35.6. The van der Waals surface area contributed by atoms with Gasteiger partial charge in [-0.15, -0.1) is 0 Å². The van der Waals surface area contributed by atoms with E-state index in [4.69, 9.17) is 10.5 Å². The van der Waals surface area contributed by atoms with Crippen LogP contribution in [0.25, 0.3) is 0 Å². The van der Waals surface area contributed by atoms with Crippen LogP contribution in [0.15, 0.2) is 0 Å². The minimum Gasteiger partial charge on any atom is -0.373 e. The fraction of sp³-hybridized carbons (Fsp3) is 1.00. The molecule has 2 aliphatic carbocycles. The molecule has 0 bridgehead atoms. The Kier molecular flexibility index (Phi) is 2.85. The van der Waals surface area contributed by atoms with Gasteiger partial charge >= 0.3 is 0 Å². The van der Waals surface area contributed by atoms with E-state index in [1.54, 1.807) is 0 Å². The first-order valence-electron chi connectivity index (χ1n) is 6.13. The van der Waals surface area contributed by atoms with Crippen LogP contribution in [0.3, 0.4) is 0 Å². The fourth-order valence-corrected chi connectivity index (χ4v) is 3.84. The van der Waals surface area contributed by atoms with Crippen LogP contribution in [0.1, 0.15) is 51.9 Å². The lowest BCUT2D eigenvalue weighted by Crippen LogP contribution is -2.50. The van der Waals surface area contributed by atoms with E-state index in [2.05, 4.69) is 6.92 Å². The number of hydrogen-bond acceptors (Lipinski definition) is 2. The van der Waals surface area contributed by atoms with Gasteiger partial charge < -0.3 is 10.5 Å². The molecule has 2 fully saturated rings. The molecule has 0 aromatic carbocycles. The molecule has 2 saturated carbocycles. The van der Waals surface area contributed by atoms with Crippen LogP contribution < -0.4 is 5.73 Å². The third-order valence-electron chi connectivity index (χ3n) is 4.51. The zero-order valence-corrected chi connectivity index (χ0v) is 9.35. The van der Waals surface area contributed by atoms with E-state index in [9.17, 15) is 0 Å².